The number of hydrogen-bond donors (Lipinski definition) is 1. The van der Waals surface area contributed by atoms with E-state index in [1.165, 1.54) is 5.56 Å². The average Bonchev–Trinajstić information content (AvgIpc) is 2.76. The summed E-state index contributed by atoms with van der Waals surface area (Å²) in [7, 11) is 0. The third-order valence-corrected chi connectivity index (χ3v) is 5.25. The Bertz CT molecular complexity index is 828. The van der Waals surface area contributed by atoms with Crippen molar-refractivity contribution in [3.63, 3.8) is 0 Å². The van der Waals surface area contributed by atoms with Crippen molar-refractivity contribution in [2.75, 3.05) is 0 Å². The molecule has 0 bridgehead atoms. The van der Waals surface area contributed by atoms with E-state index in [2.05, 4.69) is 12.1 Å². The van der Waals surface area contributed by atoms with Crippen LogP contribution < -0.4 is 0 Å². The quantitative estimate of drug-likeness (QED) is 0.541. The van der Waals surface area contributed by atoms with Gasteiger partial charge in [-0.2, -0.15) is 0 Å². The van der Waals surface area contributed by atoms with Crippen molar-refractivity contribution in [3.8, 4) is 0 Å². The summed E-state index contributed by atoms with van der Waals surface area (Å²) in [5.74, 6) is -0.219. The number of Topliss-reactive ketones (excluding diaryl/α,β-unsaturated/α-hetero) is 1. The van der Waals surface area contributed by atoms with Gasteiger partial charge in [-0.1, -0.05) is 91.0 Å². The lowest BCUT2D eigenvalue weighted by molar-refractivity contribution is -0.126. The molecule has 2 atom stereocenters. The van der Waals surface area contributed by atoms with Crippen LogP contribution in [-0.2, 0) is 24.1 Å². The first-order chi connectivity index (χ1) is 13.7. The van der Waals surface area contributed by atoms with Crippen LogP contribution in [0.3, 0.4) is 0 Å². The Morgan fingerprint density at radius 1 is 0.679 bits per heavy atom. The highest BCUT2D eigenvalue weighted by Gasteiger charge is 2.26. The first-order valence-corrected chi connectivity index (χ1v) is 10.0. The van der Waals surface area contributed by atoms with Crippen LogP contribution in [-0.4, -0.2) is 17.0 Å². The number of ketones is 1. The van der Waals surface area contributed by atoms with E-state index in [0.717, 1.165) is 24.0 Å². The van der Waals surface area contributed by atoms with Crippen molar-refractivity contribution in [1.82, 2.24) is 0 Å². The molecule has 0 saturated heterocycles. The van der Waals surface area contributed by atoms with Gasteiger partial charge in [0.15, 0.2) is 0 Å². The fourth-order valence-corrected chi connectivity index (χ4v) is 3.59. The number of benzene rings is 3. The Morgan fingerprint density at radius 3 is 1.68 bits per heavy atom. The van der Waals surface area contributed by atoms with Crippen LogP contribution in [0.5, 0.6) is 0 Å². The summed E-state index contributed by atoms with van der Waals surface area (Å²) in [4.78, 5) is 13.0. The molecule has 1 N–H and O–H groups in total. The average molecular weight is 373 g/mol. The Hall–Kier alpha value is -2.71. The normalized spacial score (nSPS) is 13.0. The lowest BCUT2D eigenvalue weighted by atomic mass is 9.85. The Balaban J connectivity index is 1.65. The molecule has 0 aliphatic rings. The highest BCUT2D eigenvalue weighted by atomic mass is 16.3. The minimum absolute atomic E-state index is 0.147. The second-order valence-electron chi connectivity index (χ2n) is 7.34. The predicted molar refractivity (Wildman–Crippen MR) is 114 cm³/mol. The summed E-state index contributed by atoms with van der Waals surface area (Å²) < 4.78 is 0. The zero-order valence-corrected chi connectivity index (χ0v) is 16.2. The van der Waals surface area contributed by atoms with Gasteiger partial charge in [-0.25, -0.2) is 0 Å². The monoisotopic (exact) mass is 372 g/mol. The third-order valence-electron chi connectivity index (χ3n) is 5.25. The molecule has 3 aromatic rings. The minimum atomic E-state index is -0.635. The highest BCUT2D eigenvalue weighted by molar-refractivity contribution is 5.82. The maximum atomic E-state index is 13.0. The van der Waals surface area contributed by atoms with E-state index in [-0.39, 0.29) is 11.7 Å². The van der Waals surface area contributed by atoms with Crippen molar-refractivity contribution in [2.45, 2.75) is 38.2 Å². The van der Waals surface area contributed by atoms with E-state index in [1.54, 1.807) is 0 Å². The SMILES string of the molecule is O=C(CCc1ccccc1)C(Cc1ccccc1)C(O)CCc1ccccc1. The second kappa shape index (κ2) is 10.6. The van der Waals surface area contributed by atoms with E-state index in [9.17, 15) is 9.90 Å². The number of aliphatic hydroxyl groups is 1. The molecule has 2 unspecified atom stereocenters. The van der Waals surface area contributed by atoms with Crippen LogP contribution in [0.4, 0.5) is 0 Å². The molecule has 3 aromatic carbocycles. The van der Waals surface area contributed by atoms with Crippen LogP contribution >= 0.6 is 0 Å². The first-order valence-electron chi connectivity index (χ1n) is 10.0. The maximum Gasteiger partial charge on any atom is 0.139 e. The molecule has 2 heteroatoms. The van der Waals surface area contributed by atoms with Gasteiger partial charge < -0.3 is 5.11 Å². The molecule has 0 saturated carbocycles. The van der Waals surface area contributed by atoms with Gasteiger partial charge in [0.2, 0.25) is 0 Å². The topological polar surface area (TPSA) is 37.3 Å². The lowest BCUT2D eigenvalue weighted by Gasteiger charge is -2.22. The number of hydrogen-bond acceptors (Lipinski definition) is 2. The molecule has 0 aromatic heterocycles. The fraction of sp³-hybridized carbons (Fsp3) is 0.269. The Labute approximate surface area is 167 Å². The summed E-state index contributed by atoms with van der Waals surface area (Å²) in [6.07, 6.45) is 2.51. The van der Waals surface area contributed by atoms with Crippen molar-refractivity contribution < 1.29 is 9.90 Å². The highest BCUT2D eigenvalue weighted by Crippen LogP contribution is 2.20. The Kier molecular flexibility index (Phi) is 7.57. The van der Waals surface area contributed by atoms with Gasteiger partial charge in [-0.05, 0) is 42.4 Å². The van der Waals surface area contributed by atoms with Gasteiger partial charge in [0.25, 0.3) is 0 Å². The van der Waals surface area contributed by atoms with Crippen molar-refractivity contribution >= 4 is 5.78 Å². The van der Waals surface area contributed by atoms with E-state index in [0.29, 0.717) is 19.3 Å². The van der Waals surface area contributed by atoms with Gasteiger partial charge in [0.1, 0.15) is 5.78 Å². The zero-order chi connectivity index (χ0) is 19.6. The lowest BCUT2D eigenvalue weighted by Crippen LogP contribution is -2.31. The maximum absolute atomic E-state index is 13.0. The summed E-state index contributed by atoms with van der Waals surface area (Å²) in [6, 6.07) is 30.2. The molecule has 0 fully saturated rings. The molecule has 0 heterocycles. The largest absolute Gasteiger partial charge is 0.392 e. The van der Waals surface area contributed by atoms with Gasteiger partial charge >= 0.3 is 0 Å². The summed E-state index contributed by atoms with van der Waals surface area (Å²) in [5, 5.41) is 10.9. The van der Waals surface area contributed by atoms with E-state index < -0.39 is 6.10 Å². The van der Waals surface area contributed by atoms with Crippen molar-refractivity contribution in [3.05, 3.63) is 108 Å². The standard InChI is InChI=1S/C26H28O2/c27-25(18-16-21-10-4-1-5-11-21)24(20-23-14-8-3-9-15-23)26(28)19-17-22-12-6-2-7-13-22/h1-15,24-25,27H,16-20H2. The predicted octanol–water partition coefficient (Wildman–Crippen LogP) is 5.04. The summed E-state index contributed by atoms with van der Waals surface area (Å²) in [6.45, 7) is 0. The molecular weight excluding hydrogens is 344 g/mol. The molecule has 0 spiro atoms. The van der Waals surface area contributed by atoms with Crippen molar-refractivity contribution in [2.24, 2.45) is 5.92 Å². The second-order valence-corrected chi connectivity index (χ2v) is 7.34. The first kappa shape index (κ1) is 20.0. The summed E-state index contributed by atoms with van der Waals surface area (Å²) in [5.41, 5.74) is 3.45. The number of aliphatic hydroxyl groups excluding tert-OH is 1. The molecule has 0 aliphatic heterocycles. The van der Waals surface area contributed by atoms with Crippen LogP contribution in [0.25, 0.3) is 0 Å². The van der Waals surface area contributed by atoms with Gasteiger partial charge in [-0.3, -0.25) is 4.79 Å². The van der Waals surface area contributed by atoms with Gasteiger partial charge in [0.05, 0.1) is 6.10 Å². The minimum Gasteiger partial charge on any atom is -0.392 e. The zero-order valence-electron chi connectivity index (χ0n) is 16.2. The molecule has 28 heavy (non-hydrogen) atoms. The van der Waals surface area contributed by atoms with E-state index in [4.69, 9.17) is 0 Å². The van der Waals surface area contributed by atoms with E-state index >= 15 is 0 Å². The third kappa shape index (κ3) is 6.17. The van der Waals surface area contributed by atoms with Crippen LogP contribution in [0.15, 0.2) is 91.0 Å². The molecule has 0 aliphatic carbocycles. The molecule has 0 amide bonds. The molecule has 2 nitrogen and oxygen atoms in total. The fourth-order valence-electron chi connectivity index (χ4n) is 3.59. The van der Waals surface area contributed by atoms with Gasteiger partial charge in [0, 0.05) is 12.3 Å². The molecular formula is C26H28O2. The van der Waals surface area contributed by atoms with Crippen molar-refractivity contribution in [1.29, 1.82) is 0 Å². The number of aryl methyl sites for hydroxylation is 2. The number of carbonyl (C=O) groups excluding carboxylic acids is 1. The van der Waals surface area contributed by atoms with Crippen LogP contribution in [0.1, 0.15) is 29.5 Å². The Morgan fingerprint density at radius 2 is 1.14 bits per heavy atom. The molecule has 144 valence electrons. The van der Waals surface area contributed by atoms with Crippen LogP contribution in [0.2, 0.25) is 0 Å². The van der Waals surface area contributed by atoms with E-state index in [1.807, 2.05) is 78.9 Å². The number of carbonyl (C=O) groups is 1. The van der Waals surface area contributed by atoms with Gasteiger partial charge in [-0.15, -0.1) is 0 Å². The van der Waals surface area contributed by atoms with Crippen LogP contribution in [0, 0.1) is 5.92 Å². The summed E-state index contributed by atoms with van der Waals surface area (Å²) >= 11 is 0. The smallest absolute Gasteiger partial charge is 0.139 e. The molecule has 0 radical (unpaired) electrons. The molecule has 3 rings (SSSR count). The number of rotatable bonds is 10.